The van der Waals surface area contributed by atoms with E-state index in [9.17, 15) is 28.0 Å². The number of carboxylic acid groups (broad SMARTS) is 1. The normalized spacial score (nSPS) is 16.1. The van der Waals surface area contributed by atoms with E-state index in [2.05, 4.69) is 16.7 Å². The highest BCUT2D eigenvalue weighted by Crippen LogP contribution is 2.21. The van der Waals surface area contributed by atoms with Crippen LogP contribution < -0.4 is 16.4 Å². The number of carbonyl (C=O) groups is 3. The third-order valence-corrected chi connectivity index (χ3v) is 5.22. The molecular weight excluding hydrogens is 465 g/mol. The molecule has 1 fully saturated rings. The molecule has 0 radical (unpaired) electrons. The van der Waals surface area contributed by atoms with Crippen LogP contribution in [-0.4, -0.2) is 47.7 Å². The summed E-state index contributed by atoms with van der Waals surface area (Å²) in [4.78, 5) is 32.6. The molecule has 2 atom stereocenters. The molecule has 1 aliphatic heterocycles. The number of piperidine rings is 1. The number of nitriles is 1. The minimum Gasteiger partial charge on any atom is -0.475 e. The van der Waals surface area contributed by atoms with Crippen LogP contribution in [0, 0.1) is 11.3 Å². The predicted molar refractivity (Wildman–Crippen MR) is 121 cm³/mol. The Morgan fingerprint density at radius 3 is 2.31 bits per heavy atom. The summed E-state index contributed by atoms with van der Waals surface area (Å²) in [6.45, 7) is 0.841. The number of rotatable bonds is 6. The Morgan fingerprint density at radius 2 is 1.80 bits per heavy atom. The van der Waals surface area contributed by atoms with Crippen LogP contribution >= 0.6 is 0 Å². The van der Waals surface area contributed by atoms with Crippen molar-refractivity contribution < 1.29 is 32.7 Å². The number of nitrogens with two attached hydrogens (primary N) is 1. The van der Waals surface area contributed by atoms with Gasteiger partial charge in [0.15, 0.2) is 0 Å². The van der Waals surface area contributed by atoms with E-state index in [1.807, 2.05) is 30.3 Å². The first-order chi connectivity index (χ1) is 16.5. The molecule has 0 aromatic heterocycles. The van der Waals surface area contributed by atoms with E-state index in [-0.39, 0.29) is 11.9 Å². The van der Waals surface area contributed by atoms with Gasteiger partial charge in [-0.15, -0.1) is 0 Å². The molecule has 0 aliphatic carbocycles. The molecule has 186 valence electrons. The monoisotopic (exact) mass is 490 g/mol. The highest BCUT2D eigenvalue weighted by Gasteiger charge is 2.38. The van der Waals surface area contributed by atoms with Crippen molar-refractivity contribution in [2.45, 2.75) is 43.9 Å². The number of nitrogens with zero attached hydrogens (tertiary/aromatic N) is 1. The van der Waals surface area contributed by atoms with Gasteiger partial charge in [-0.3, -0.25) is 9.59 Å². The van der Waals surface area contributed by atoms with E-state index in [0.29, 0.717) is 12.0 Å². The van der Waals surface area contributed by atoms with Crippen molar-refractivity contribution in [1.29, 1.82) is 5.26 Å². The summed E-state index contributed by atoms with van der Waals surface area (Å²) in [5.74, 6) is -3.32. The highest BCUT2D eigenvalue weighted by molar-refractivity contribution is 5.94. The van der Waals surface area contributed by atoms with Crippen LogP contribution in [0.3, 0.4) is 0 Å². The number of hydrogen-bond acceptors (Lipinski definition) is 5. The molecule has 2 aromatic rings. The minimum atomic E-state index is -5.08. The van der Waals surface area contributed by atoms with Crippen LogP contribution in [0.15, 0.2) is 48.5 Å². The number of aliphatic carboxylic acids is 1. The third kappa shape index (κ3) is 8.75. The summed E-state index contributed by atoms with van der Waals surface area (Å²) in [5, 5.41) is 22.6. The fraction of sp³-hybridized carbons (Fsp3) is 0.333. The molecule has 0 bridgehead atoms. The molecule has 2 aromatic carbocycles. The van der Waals surface area contributed by atoms with Gasteiger partial charge < -0.3 is 21.5 Å². The fourth-order valence-electron chi connectivity index (χ4n) is 3.40. The maximum Gasteiger partial charge on any atom is 0.490 e. The van der Waals surface area contributed by atoms with Gasteiger partial charge in [-0.1, -0.05) is 42.8 Å². The summed E-state index contributed by atoms with van der Waals surface area (Å²) >= 11 is 0. The second-order valence-electron chi connectivity index (χ2n) is 7.84. The number of nitrogens with one attached hydrogen (secondary N) is 2. The van der Waals surface area contributed by atoms with Crippen molar-refractivity contribution in [2.24, 2.45) is 5.73 Å². The molecule has 8 nitrogen and oxygen atoms in total. The number of benzene rings is 2. The quantitative estimate of drug-likeness (QED) is 0.490. The molecule has 11 heteroatoms. The maximum absolute atomic E-state index is 12.3. The highest BCUT2D eigenvalue weighted by atomic mass is 19.4. The van der Waals surface area contributed by atoms with Crippen molar-refractivity contribution in [3.8, 4) is 17.2 Å². The summed E-state index contributed by atoms with van der Waals surface area (Å²) in [6, 6.07) is 16.3. The number of carbonyl (C=O) groups excluding carboxylic acids is 2. The van der Waals surface area contributed by atoms with Crippen LogP contribution in [0.2, 0.25) is 0 Å². The molecule has 0 saturated carbocycles. The molecule has 0 spiro atoms. The van der Waals surface area contributed by atoms with Gasteiger partial charge in [-0.05, 0) is 48.2 Å². The summed E-state index contributed by atoms with van der Waals surface area (Å²) in [6.07, 6.45) is -1.72. The van der Waals surface area contributed by atoms with Crippen molar-refractivity contribution in [1.82, 2.24) is 10.6 Å². The Morgan fingerprint density at radius 1 is 1.14 bits per heavy atom. The van der Waals surface area contributed by atoms with Crippen LogP contribution in [-0.2, 0) is 16.0 Å². The van der Waals surface area contributed by atoms with E-state index in [1.54, 1.807) is 18.2 Å². The predicted octanol–water partition coefficient (Wildman–Crippen LogP) is 2.78. The van der Waals surface area contributed by atoms with Gasteiger partial charge in [0.1, 0.15) is 6.04 Å². The van der Waals surface area contributed by atoms with E-state index >= 15 is 0 Å². The second kappa shape index (κ2) is 12.5. The van der Waals surface area contributed by atoms with Gasteiger partial charge in [-0.25, -0.2) is 4.79 Å². The fourth-order valence-corrected chi connectivity index (χ4v) is 3.40. The molecule has 1 saturated heterocycles. The summed E-state index contributed by atoms with van der Waals surface area (Å²) in [5.41, 5.74) is 8.61. The Kier molecular flexibility index (Phi) is 9.78. The Balaban J connectivity index is 0.000000540. The van der Waals surface area contributed by atoms with Crippen molar-refractivity contribution >= 4 is 17.8 Å². The van der Waals surface area contributed by atoms with Crippen molar-refractivity contribution in [2.75, 3.05) is 6.54 Å². The Labute approximate surface area is 199 Å². The Hall–Kier alpha value is -3.91. The topological polar surface area (TPSA) is 145 Å². The molecule has 1 heterocycles. The number of primary amides is 1. The number of halogens is 3. The first kappa shape index (κ1) is 27.3. The first-order valence-corrected chi connectivity index (χ1v) is 10.7. The van der Waals surface area contributed by atoms with Crippen molar-refractivity contribution in [3.63, 3.8) is 0 Å². The van der Waals surface area contributed by atoms with Crippen LogP contribution in [0.25, 0.3) is 11.1 Å². The number of amides is 2. The number of alkyl halides is 3. The zero-order valence-electron chi connectivity index (χ0n) is 18.6. The molecule has 35 heavy (non-hydrogen) atoms. The lowest BCUT2D eigenvalue weighted by molar-refractivity contribution is -0.192. The van der Waals surface area contributed by atoms with E-state index in [1.165, 1.54) is 0 Å². The van der Waals surface area contributed by atoms with E-state index in [4.69, 9.17) is 15.6 Å². The lowest BCUT2D eigenvalue weighted by Gasteiger charge is -2.23. The molecule has 1 aliphatic rings. The minimum absolute atomic E-state index is 0.105. The lowest BCUT2D eigenvalue weighted by Crippen LogP contribution is -2.49. The van der Waals surface area contributed by atoms with Crippen LogP contribution in [0.4, 0.5) is 13.2 Å². The van der Waals surface area contributed by atoms with Crippen LogP contribution in [0.5, 0.6) is 0 Å². The second-order valence-corrected chi connectivity index (χ2v) is 7.84. The zero-order chi connectivity index (χ0) is 26.0. The van der Waals surface area contributed by atoms with E-state index < -0.39 is 24.1 Å². The van der Waals surface area contributed by atoms with Gasteiger partial charge in [0.05, 0.1) is 12.1 Å². The smallest absolute Gasteiger partial charge is 0.475 e. The zero-order valence-corrected chi connectivity index (χ0v) is 18.6. The summed E-state index contributed by atoms with van der Waals surface area (Å²) in [7, 11) is 0. The van der Waals surface area contributed by atoms with Gasteiger partial charge in [0.2, 0.25) is 11.8 Å². The molecule has 2 amide bonds. The molecule has 5 N–H and O–H groups in total. The largest absolute Gasteiger partial charge is 0.490 e. The third-order valence-electron chi connectivity index (χ3n) is 5.22. The SMILES string of the molecule is N#C[C@H](Cc1ccc(-c2cccc(C(N)=O)c2)cc1)NC(=O)[C@@H]1CCCCN1.O=C(O)C(F)(F)F. The summed E-state index contributed by atoms with van der Waals surface area (Å²) < 4.78 is 31.7. The molecular formula is C24H25F3N4O4. The molecule has 3 rings (SSSR count). The lowest BCUT2D eigenvalue weighted by atomic mass is 9.99. The van der Waals surface area contributed by atoms with Gasteiger partial charge in [0, 0.05) is 12.0 Å². The average Bonchev–Trinajstić information content (AvgIpc) is 2.84. The number of hydrogen-bond donors (Lipinski definition) is 4. The number of carboxylic acids is 1. The Bertz CT molecular complexity index is 1080. The molecule has 0 unspecified atom stereocenters. The van der Waals surface area contributed by atoms with E-state index in [0.717, 1.165) is 42.5 Å². The van der Waals surface area contributed by atoms with Crippen LogP contribution in [0.1, 0.15) is 35.2 Å². The average molecular weight is 490 g/mol. The standard InChI is InChI=1S/C22H24N4O2.C2HF3O2/c23-14-19(26-22(28)20-6-1-2-11-25-20)12-15-7-9-16(10-8-15)17-4-3-5-18(13-17)21(24)27;3-2(4,5)1(6)7/h3-5,7-10,13,19-20,25H,1-2,6,11-12H2,(H2,24,27)(H,26,28);(H,6,7)/t19-,20-;/m0./s1. The van der Waals surface area contributed by atoms with Gasteiger partial charge in [-0.2, -0.15) is 18.4 Å². The first-order valence-electron chi connectivity index (χ1n) is 10.7. The van der Waals surface area contributed by atoms with Gasteiger partial charge in [0.25, 0.3) is 0 Å². The maximum atomic E-state index is 12.3. The van der Waals surface area contributed by atoms with Crippen molar-refractivity contribution in [3.05, 3.63) is 59.7 Å². The van der Waals surface area contributed by atoms with Gasteiger partial charge >= 0.3 is 12.1 Å².